The van der Waals surface area contributed by atoms with Gasteiger partial charge in [-0.1, -0.05) is 0 Å². The van der Waals surface area contributed by atoms with E-state index in [0.29, 0.717) is 11.6 Å². The zero-order valence-electron chi connectivity index (χ0n) is 11.5. The predicted octanol–water partition coefficient (Wildman–Crippen LogP) is 0.972. The first-order chi connectivity index (χ1) is 8.27. The van der Waals surface area contributed by atoms with Gasteiger partial charge in [0.25, 0.3) is 0 Å². The Morgan fingerprint density at radius 2 is 1.78 bits per heavy atom. The van der Waals surface area contributed by atoms with E-state index in [-0.39, 0.29) is 11.2 Å². The molecule has 0 atom stereocenters. The molecule has 98 valence electrons. The molecule has 2 heterocycles. The molecule has 1 aliphatic rings. The van der Waals surface area contributed by atoms with Crippen molar-refractivity contribution in [3.8, 4) is 5.75 Å². The summed E-state index contributed by atoms with van der Waals surface area (Å²) in [6.45, 7) is 8.02. The van der Waals surface area contributed by atoms with E-state index in [0.717, 1.165) is 5.46 Å². The second-order valence-corrected chi connectivity index (χ2v) is 5.44. The lowest BCUT2D eigenvalue weighted by Crippen LogP contribution is -2.41. The summed E-state index contributed by atoms with van der Waals surface area (Å²) in [7, 11) is 1.10. The molecular weight excluding hydrogens is 231 g/mol. The van der Waals surface area contributed by atoms with Crippen LogP contribution in [0.5, 0.6) is 5.75 Å². The van der Waals surface area contributed by atoms with Crippen LogP contribution in [0.2, 0.25) is 0 Å². The number of anilines is 1. The van der Waals surface area contributed by atoms with Crippen molar-refractivity contribution in [3.63, 3.8) is 0 Å². The molecule has 5 nitrogen and oxygen atoms in total. The van der Waals surface area contributed by atoms with Crippen molar-refractivity contribution in [2.75, 3.05) is 12.8 Å². The van der Waals surface area contributed by atoms with Gasteiger partial charge in [0.05, 0.1) is 18.3 Å². The van der Waals surface area contributed by atoms with Gasteiger partial charge in [0.1, 0.15) is 11.6 Å². The number of nitrogens with two attached hydrogens (primary N) is 1. The fourth-order valence-corrected chi connectivity index (χ4v) is 1.79. The Labute approximate surface area is 108 Å². The number of nitrogen functional groups attached to an aromatic ring is 1. The Bertz CT molecular complexity index is 447. The van der Waals surface area contributed by atoms with E-state index in [9.17, 15) is 0 Å². The van der Waals surface area contributed by atoms with Gasteiger partial charge >= 0.3 is 7.12 Å². The maximum atomic E-state index is 5.95. The minimum Gasteiger partial charge on any atom is -0.497 e. The number of methoxy groups -OCH3 is 1. The maximum Gasteiger partial charge on any atom is 0.500 e. The van der Waals surface area contributed by atoms with Crippen LogP contribution in [0.4, 0.5) is 5.82 Å². The molecule has 0 aromatic carbocycles. The largest absolute Gasteiger partial charge is 0.500 e. The Balaban J connectivity index is 2.35. The molecule has 0 amide bonds. The van der Waals surface area contributed by atoms with Gasteiger partial charge in [-0.2, -0.15) is 0 Å². The van der Waals surface area contributed by atoms with Gasteiger partial charge in [-0.25, -0.2) is 4.98 Å². The minimum atomic E-state index is -0.488. The van der Waals surface area contributed by atoms with Crippen LogP contribution >= 0.6 is 0 Å². The average molecular weight is 250 g/mol. The predicted molar refractivity (Wildman–Crippen MR) is 70.9 cm³/mol. The van der Waals surface area contributed by atoms with Gasteiger partial charge in [0, 0.05) is 17.7 Å². The van der Waals surface area contributed by atoms with Gasteiger partial charge in [-0.05, 0) is 27.7 Å². The summed E-state index contributed by atoms with van der Waals surface area (Å²) in [6, 6.07) is 1.67. The van der Waals surface area contributed by atoms with Crippen LogP contribution in [0.15, 0.2) is 12.3 Å². The third kappa shape index (κ3) is 2.06. The lowest BCUT2D eigenvalue weighted by Gasteiger charge is -2.32. The first-order valence-electron chi connectivity index (χ1n) is 5.92. The number of aromatic nitrogens is 1. The van der Waals surface area contributed by atoms with Crippen molar-refractivity contribution in [1.82, 2.24) is 4.98 Å². The Morgan fingerprint density at radius 3 is 2.28 bits per heavy atom. The lowest BCUT2D eigenvalue weighted by atomic mass is 9.79. The number of hydrogen-bond donors (Lipinski definition) is 1. The molecular formula is C12H19BN2O3. The van der Waals surface area contributed by atoms with Crippen molar-refractivity contribution in [2.45, 2.75) is 38.9 Å². The minimum absolute atomic E-state index is 0.385. The fourth-order valence-electron chi connectivity index (χ4n) is 1.79. The highest BCUT2D eigenvalue weighted by atomic mass is 16.7. The number of pyridine rings is 1. The van der Waals surface area contributed by atoms with Gasteiger partial charge in [-0.15, -0.1) is 0 Å². The Kier molecular flexibility index (Phi) is 3.03. The van der Waals surface area contributed by atoms with Gasteiger partial charge in [0.15, 0.2) is 0 Å². The molecule has 1 aromatic heterocycles. The van der Waals surface area contributed by atoms with Crippen LogP contribution < -0.4 is 15.9 Å². The molecule has 18 heavy (non-hydrogen) atoms. The van der Waals surface area contributed by atoms with Crippen LogP contribution in [0.1, 0.15) is 27.7 Å². The summed E-state index contributed by atoms with van der Waals surface area (Å²) in [4.78, 5) is 4.07. The van der Waals surface area contributed by atoms with Crippen molar-refractivity contribution in [2.24, 2.45) is 0 Å². The second kappa shape index (κ2) is 4.14. The molecule has 1 fully saturated rings. The van der Waals surface area contributed by atoms with E-state index in [4.69, 9.17) is 19.8 Å². The summed E-state index contributed by atoms with van der Waals surface area (Å²) in [6.07, 6.45) is 1.64. The van der Waals surface area contributed by atoms with E-state index >= 15 is 0 Å². The summed E-state index contributed by atoms with van der Waals surface area (Å²) in [5.74, 6) is 1.04. The second-order valence-electron chi connectivity index (χ2n) is 5.44. The zero-order chi connectivity index (χ0) is 13.6. The molecule has 6 heteroatoms. The molecule has 1 saturated heterocycles. The molecule has 2 rings (SSSR count). The lowest BCUT2D eigenvalue weighted by molar-refractivity contribution is 0.00578. The van der Waals surface area contributed by atoms with Crippen LogP contribution in [0, 0.1) is 0 Å². The highest BCUT2D eigenvalue weighted by molar-refractivity contribution is 6.63. The number of rotatable bonds is 2. The van der Waals surface area contributed by atoms with Crippen LogP contribution in [-0.2, 0) is 9.31 Å². The van der Waals surface area contributed by atoms with Gasteiger partial charge < -0.3 is 19.8 Å². The molecule has 1 aromatic rings. The molecule has 0 unspecified atom stereocenters. The summed E-state index contributed by atoms with van der Waals surface area (Å²) in [5, 5.41) is 0. The molecule has 1 aliphatic heterocycles. The molecule has 2 N–H and O–H groups in total. The topological polar surface area (TPSA) is 66.6 Å². The normalized spacial score (nSPS) is 21.1. The van der Waals surface area contributed by atoms with E-state index in [1.165, 1.54) is 0 Å². The molecule has 0 radical (unpaired) electrons. The van der Waals surface area contributed by atoms with E-state index < -0.39 is 7.12 Å². The van der Waals surface area contributed by atoms with E-state index in [2.05, 4.69) is 4.98 Å². The number of nitrogens with zero attached hydrogens (tertiary/aromatic N) is 1. The summed E-state index contributed by atoms with van der Waals surface area (Å²) >= 11 is 0. The van der Waals surface area contributed by atoms with Crippen molar-refractivity contribution < 1.29 is 14.0 Å². The Hall–Kier alpha value is -1.27. The van der Waals surface area contributed by atoms with Crippen molar-refractivity contribution >= 4 is 18.4 Å². The monoisotopic (exact) mass is 250 g/mol. The van der Waals surface area contributed by atoms with Crippen LogP contribution in [-0.4, -0.2) is 30.4 Å². The third-order valence-corrected chi connectivity index (χ3v) is 3.64. The third-order valence-electron chi connectivity index (χ3n) is 3.64. The van der Waals surface area contributed by atoms with Crippen molar-refractivity contribution in [1.29, 1.82) is 0 Å². The molecule has 0 spiro atoms. The molecule has 0 saturated carbocycles. The van der Waals surface area contributed by atoms with Gasteiger partial charge in [-0.3, -0.25) is 0 Å². The molecule has 0 aliphatic carbocycles. The van der Waals surface area contributed by atoms with E-state index in [1.54, 1.807) is 19.4 Å². The number of hydrogen-bond acceptors (Lipinski definition) is 5. The highest BCUT2D eigenvalue weighted by Crippen LogP contribution is 2.37. The van der Waals surface area contributed by atoms with Gasteiger partial charge in [0.2, 0.25) is 0 Å². The first-order valence-corrected chi connectivity index (χ1v) is 5.92. The quantitative estimate of drug-likeness (QED) is 0.792. The maximum absolute atomic E-state index is 5.95. The molecule has 0 bridgehead atoms. The smallest absolute Gasteiger partial charge is 0.497 e. The first kappa shape index (κ1) is 13.2. The zero-order valence-corrected chi connectivity index (χ0v) is 11.5. The summed E-state index contributed by atoms with van der Waals surface area (Å²) < 4.78 is 17.2. The summed E-state index contributed by atoms with van der Waals surface area (Å²) in [5.41, 5.74) is 5.62. The standard InChI is InChI=1S/C12H19BN2O3/c1-11(2)12(3,4)18-13(17-11)8-7-15-10(14)6-9(8)16-5/h6-7H,1-5H3,(H2,14,15). The van der Waals surface area contributed by atoms with E-state index in [1.807, 2.05) is 27.7 Å². The fraction of sp³-hybridized carbons (Fsp3) is 0.583. The average Bonchev–Trinajstić information content (AvgIpc) is 2.47. The highest BCUT2D eigenvalue weighted by Gasteiger charge is 2.52. The van der Waals surface area contributed by atoms with Crippen LogP contribution in [0.3, 0.4) is 0 Å². The van der Waals surface area contributed by atoms with Crippen LogP contribution in [0.25, 0.3) is 0 Å². The van der Waals surface area contributed by atoms with Crippen molar-refractivity contribution in [3.05, 3.63) is 12.3 Å². The Morgan fingerprint density at radius 1 is 1.22 bits per heavy atom. The SMILES string of the molecule is COc1cc(N)ncc1B1OC(C)(C)C(C)(C)O1. The number of ether oxygens (including phenoxy) is 1.